The molecule has 1 aliphatic rings. The predicted octanol–water partition coefficient (Wildman–Crippen LogP) is 0.605. The van der Waals surface area contributed by atoms with Gasteiger partial charge in [0.1, 0.15) is 5.82 Å². The smallest absolute Gasteiger partial charge is 0.220 e. The summed E-state index contributed by atoms with van der Waals surface area (Å²) in [5.74, 6) is 1.49. The highest BCUT2D eigenvalue weighted by Crippen LogP contribution is 2.14. The number of morpholine rings is 1. The molecule has 0 unspecified atom stereocenters. The van der Waals surface area contributed by atoms with Crippen molar-refractivity contribution < 1.29 is 9.53 Å². The molecule has 140 valence electrons. The summed E-state index contributed by atoms with van der Waals surface area (Å²) in [5, 5.41) is 15.9. The van der Waals surface area contributed by atoms with Gasteiger partial charge in [-0.1, -0.05) is 6.07 Å². The van der Waals surface area contributed by atoms with Crippen molar-refractivity contribution in [2.24, 2.45) is 0 Å². The molecular weight excluding hydrogens is 346 g/mol. The molecule has 1 amide bonds. The van der Waals surface area contributed by atoms with E-state index in [1.807, 2.05) is 30.3 Å². The number of pyridine rings is 1. The molecule has 0 aliphatic carbocycles. The molecule has 0 aromatic carbocycles. The third-order valence-electron chi connectivity index (χ3n) is 4.42. The zero-order valence-electron chi connectivity index (χ0n) is 14.9. The van der Waals surface area contributed by atoms with E-state index in [1.54, 1.807) is 10.7 Å². The molecule has 0 saturated carbocycles. The number of carbonyl (C=O) groups excluding carboxylic acids is 1. The van der Waals surface area contributed by atoms with Crippen molar-refractivity contribution in [2.45, 2.75) is 19.4 Å². The van der Waals surface area contributed by atoms with E-state index in [1.165, 1.54) is 0 Å². The van der Waals surface area contributed by atoms with Gasteiger partial charge in [0.05, 0.1) is 25.5 Å². The number of nitrogens with one attached hydrogen (secondary N) is 1. The van der Waals surface area contributed by atoms with Gasteiger partial charge in [-0.05, 0) is 24.3 Å². The van der Waals surface area contributed by atoms with E-state index in [4.69, 9.17) is 4.74 Å². The molecule has 1 aliphatic heterocycles. The number of nitrogens with zero attached hydrogens (tertiary/aromatic N) is 6. The SMILES string of the molecule is O=C(CCc1nnc2ccc(N3CCOCC3)nn12)NCc1ccccn1. The number of hydrogen-bond acceptors (Lipinski definition) is 7. The zero-order chi connectivity index (χ0) is 18.5. The second kappa shape index (κ2) is 8.09. The number of anilines is 1. The van der Waals surface area contributed by atoms with Gasteiger partial charge in [-0.3, -0.25) is 9.78 Å². The predicted molar refractivity (Wildman–Crippen MR) is 98.2 cm³/mol. The number of fused-ring (bicyclic) bond motifs is 1. The number of aromatic nitrogens is 5. The number of hydrogen-bond donors (Lipinski definition) is 1. The number of amides is 1. The lowest BCUT2D eigenvalue weighted by Gasteiger charge is -2.27. The Bertz CT molecular complexity index is 906. The fourth-order valence-corrected chi connectivity index (χ4v) is 2.95. The zero-order valence-corrected chi connectivity index (χ0v) is 14.9. The Labute approximate surface area is 156 Å². The van der Waals surface area contributed by atoms with Gasteiger partial charge in [0, 0.05) is 32.1 Å². The van der Waals surface area contributed by atoms with Gasteiger partial charge >= 0.3 is 0 Å². The van der Waals surface area contributed by atoms with E-state index >= 15 is 0 Å². The second-order valence-corrected chi connectivity index (χ2v) is 6.27. The third-order valence-corrected chi connectivity index (χ3v) is 4.42. The molecule has 1 saturated heterocycles. The highest BCUT2D eigenvalue weighted by molar-refractivity contribution is 5.76. The van der Waals surface area contributed by atoms with Crippen LogP contribution < -0.4 is 10.2 Å². The van der Waals surface area contributed by atoms with Crippen molar-refractivity contribution in [3.63, 3.8) is 0 Å². The minimum Gasteiger partial charge on any atom is -0.378 e. The van der Waals surface area contributed by atoms with Crippen molar-refractivity contribution in [3.05, 3.63) is 48.0 Å². The molecule has 0 radical (unpaired) electrons. The lowest BCUT2D eigenvalue weighted by atomic mass is 10.2. The molecule has 9 heteroatoms. The molecule has 0 atom stereocenters. The Kier molecular flexibility index (Phi) is 5.20. The van der Waals surface area contributed by atoms with Crippen LogP contribution in [0.3, 0.4) is 0 Å². The first-order chi connectivity index (χ1) is 13.3. The van der Waals surface area contributed by atoms with E-state index < -0.39 is 0 Å². The van der Waals surface area contributed by atoms with Gasteiger partial charge in [0.25, 0.3) is 0 Å². The van der Waals surface area contributed by atoms with Crippen LogP contribution in [0.4, 0.5) is 5.82 Å². The summed E-state index contributed by atoms with van der Waals surface area (Å²) in [6, 6.07) is 9.46. The van der Waals surface area contributed by atoms with Gasteiger partial charge in [-0.2, -0.15) is 4.52 Å². The molecule has 4 rings (SSSR count). The highest BCUT2D eigenvalue weighted by atomic mass is 16.5. The van der Waals surface area contributed by atoms with Crippen LogP contribution >= 0.6 is 0 Å². The Balaban J connectivity index is 1.38. The Morgan fingerprint density at radius 3 is 2.85 bits per heavy atom. The first-order valence-corrected chi connectivity index (χ1v) is 9.00. The fraction of sp³-hybridized carbons (Fsp3) is 0.389. The normalized spacial score (nSPS) is 14.4. The van der Waals surface area contributed by atoms with Crippen LogP contribution in [0.15, 0.2) is 36.5 Å². The van der Waals surface area contributed by atoms with Crippen LogP contribution in [-0.2, 0) is 22.5 Å². The minimum absolute atomic E-state index is 0.0539. The Hall–Kier alpha value is -3.07. The first-order valence-electron chi connectivity index (χ1n) is 9.00. The van der Waals surface area contributed by atoms with Gasteiger partial charge in [0.15, 0.2) is 11.5 Å². The standard InChI is InChI=1S/C18H21N7O2/c26-18(20-13-14-3-1-2-8-19-14)7-6-16-22-21-15-4-5-17(23-25(15)16)24-9-11-27-12-10-24/h1-5,8H,6-7,9-13H2,(H,20,26). The van der Waals surface area contributed by atoms with Gasteiger partial charge in [-0.25, -0.2) is 0 Å². The second-order valence-electron chi connectivity index (χ2n) is 6.27. The highest BCUT2D eigenvalue weighted by Gasteiger charge is 2.15. The van der Waals surface area contributed by atoms with E-state index in [0.29, 0.717) is 44.1 Å². The van der Waals surface area contributed by atoms with E-state index in [0.717, 1.165) is 24.6 Å². The fourth-order valence-electron chi connectivity index (χ4n) is 2.95. The average molecular weight is 367 g/mol. The molecule has 27 heavy (non-hydrogen) atoms. The summed E-state index contributed by atoms with van der Waals surface area (Å²) in [5.41, 5.74) is 1.51. The minimum atomic E-state index is -0.0539. The third kappa shape index (κ3) is 4.20. The first kappa shape index (κ1) is 17.3. The van der Waals surface area contributed by atoms with E-state index in [9.17, 15) is 4.79 Å². The summed E-state index contributed by atoms with van der Waals surface area (Å²) < 4.78 is 7.11. The average Bonchev–Trinajstić information content (AvgIpc) is 3.14. The van der Waals surface area contributed by atoms with Gasteiger partial charge in [-0.15, -0.1) is 15.3 Å². The van der Waals surface area contributed by atoms with Crippen LogP contribution in [0.25, 0.3) is 5.65 Å². The van der Waals surface area contributed by atoms with Gasteiger partial charge in [0.2, 0.25) is 5.91 Å². The molecule has 0 bridgehead atoms. The molecule has 1 N–H and O–H groups in total. The van der Waals surface area contributed by atoms with Crippen LogP contribution in [0.1, 0.15) is 17.9 Å². The maximum absolute atomic E-state index is 12.1. The van der Waals surface area contributed by atoms with Crippen LogP contribution in [0, 0.1) is 0 Å². The number of rotatable bonds is 6. The van der Waals surface area contributed by atoms with Crippen molar-refractivity contribution in [1.29, 1.82) is 0 Å². The van der Waals surface area contributed by atoms with Crippen molar-refractivity contribution in [1.82, 2.24) is 30.1 Å². The number of ether oxygens (including phenoxy) is 1. The monoisotopic (exact) mass is 367 g/mol. The number of aryl methyl sites for hydroxylation is 1. The molecule has 4 heterocycles. The van der Waals surface area contributed by atoms with Crippen molar-refractivity contribution in [2.75, 3.05) is 31.2 Å². The molecular formula is C18H21N7O2. The topological polar surface area (TPSA) is 97.5 Å². The van der Waals surface area contributed by atoms with Crippen LogP contribution in [0.5, 0.6) is 0 Å². The van der Waals surface area contributed by atoms with Gasteiger partial charge < -0.3 is 15.0 Å². The van der Waals surface area contributed by atoms with Crippen LogP contribution in [0.2, 0.25) is 0 Å². The molecule has 3 aromatic heterocycles. The van der Waals surface area contributed by atoms with Crippen molar-refractivity contribution >= 4 is 17.4 Å². The molecule has 3 aromatic rings. The quantitative estimate of drug-likeness (QED) is 0.681. The van der Waals surface area contributed by atoms with Crippen molar-refractivity contribution in [3.8, 4) is 0 Å². The summed E-state index contributed by atoms with van der Waals surface area (Å²) in [4.78, 5) is 18.5. The molecule has 1 fully saturated rings. The maximum atomic E-state index is 12.1. The lowest BCUT2D eigenvalue weighted by Crippen LogP contribution is -2.37. The summed E-state index contributed by atoms with van der Waals surface area (Å²) in [6.45, 7) is 3.44. The van der Waals surface area contributed by atoms with Crippen LogP contribution in [-0.4, -0.2) is 57.0 Å². The summed E-state index contributed by atoms with van der Waals surface area (Å²) in [6.07, 6.45) is 2.49. The lowest BCUT2D eigenvalue weighted by molar-refractivity contribution is -0.121. The summed E-state index contributed by atoms with van der Waals surface area (Å²) in [7, 11) is 0. The molecule has 9 nitrogen and oxygen atoms in total. The largest absolute Gasteiger partial charge is 0.378 e. The Morgan fingerprint density at radius 2 is 2.04 bits per heavy atom. The Morgan fingerprint density at radius 1 is 1.15 bits per heavy atom. The van der Waals surface area contributed by atoms with E-state index in [2.05, 4.69) is 30.5 Å². The maximum Gasteiger partial charge on any atom is 0.220 e. The molecule has 0 spiro atoms. The summed E-state index contributed by atoms with van der Waals surface area (Å²) >= 11 is 0. The number of carbonyl (C=O) groups is 1. The van der Waals surface area contributed by atoms with E-state index in [-0.39, 0.29) is 5.91 Å².